The van der Waals surface area contributed by atoms with E-state index in [9.17, 15) is 9.90 Å². The highest BCUT2D eigenvalue weighted by Gasteiger charge is 2.24. The molecule has 0 bridgehead atoms. The highest BCUT2D eigenvalue weighted by molar-refractivity contribution is 5.86. The number of carbonyl (C=O) groups is 1. The zero-order valence-corrected chi connectivity index (χ0v) is 13.1. The largest absolute Gasteiger partial charge is 0.507 e. The zero-order valence-electron chi connectivity index (χ0n) is 13.1. The van der Waals surface area contributed by atoms with Crippen LogP contribution in [0.4, 0.5) is 0 Å². The first-order valence-electron chi connectivity index (χ1n) is 6.72. The maximum absolute atomic E-state index is 10.7. The van der Waals surface area contributed by atoms with E-state index >= 15 is 0 Å². The van der Waals surface area contributed by atoms with Crippen molar-refractivity contribution in [1.29, 1.82) is 0 Å². The number of carboxylic acid groups (broad SMARTS) is 1. The second-order valence-corrected chi connectivity index (χ2v) is 7.13. The van der Waals surface area contributed by atoms with Gasteiger partial charge in [0.2, 0.25) is 0 Å². The molecule has 0 aliphatic carbocycles. The number of rotatable bonds is 2. The van der Waals surface area contributed by atoms with Crippen molar-refractivity contribution in [2.24, 2.45) is 0 Å². The Morgan fingerprint density at radius 3 is 2.00 bits per heavy atom. The van der Waals surface area contributed by atoms with Crippen molar-refractivity contribution in [1.82, 2.24) is 0 Å². The second kappa shape index (κ2) is 5.31. The highest BCUT2D eigenvalue weighted by Crippen LogP contribution is 2.38. The normalized spacial score (nSPS) is 12.9. The first kappa shape index (κ1) is 16.3. The number of phenols is 1. The Labute approximate surface area is 121 Å². The molecule has 1 aromatic rings. The summed E-state index contributed by atoms with van der Waals surface area (Å²) in [4.78, 5) is 10.7. The van der Waals surface area contributed by atoms with E-state index in [1.165, 1.54) is 6.08 Å². The molecule has 0 atom stereocenters. The number of benzene rings is 1. The number of hydrogen-bond acceptors (Lipinski definition) is 2. The molecule has 0 aliphatic rings. The van der Waals surface area contributed by atoms with E-state index in [4.69, 9.17) is 5.11 Å². The molecule has 0 saturated heterocycles. The minimum atomic E-state index is -1.03. The van der Waals surface area contributed by atoms with E-state index in [2.05, 4.69) is 20.8 Å². The topological polar surface area (TPSA) is 57.5 Å². The molecular weight excluding hydrogens is 252 g/mol. The molecule has 3 nitrogen and oxygen atoms in total. The summed E-state index contributed by atoms with van der Waals surface area (Å²) >= 11 is 0. The highest BCUT2D eigenvalue weighted by atomic mass is 16.4. The summed E-state index contributed by atoms with van der Waals surface area (Å²) in [5, 5.41) is 19.1. The quantitative estimate of drug-likeness (QED) is 0.800. The fraction of sp³-hybridized carbons (Fsp3) is 0.471. The lowest BCUT2D eigenvalue weighted by Gasteiger charge is -2.27. The Hall–Kier alpha value is -1.77. The number of carboxylic acids is 1. The van der Waals surface area contributed by atoms with Crippen LogP contribution in [-0.4, -0.2) is 16.2 Å². The van der Waals surface area contributed by atoms with Gasteiger partial charge < -0.3 is 10.2 Å². The molecular formula is C17H24O3. The first-order chi connectivity index (χ1) is 8.93. The van der Waals surface area contributed by atoms with Crippen molar-refractivity contribution < 1.29 is 15.0 Å². The molecule has 0 aliphatic heterocycles. The summed E-state index contributed by atoms with van der Waals surface area (Å²) in [7, 11) is 0. The zero-order chi connectivity index (χ0) is 15.7. The van der Waals surface area contributed by atoms with Gasteiger partial charge in [0.05, 0.1) is 0 Å². The van der Waals surface area contributed by atoms with Gasteiger partial charge in [-0.1, -0.05) is 47.6 Å². The number of phenolic OH excluding ortho intramolecular Hbond substituents is 1. The third-order valence-corrected chi connectivity index (χ3v) is 3.22. The minimum Gasteiger partial charge on any atom is -0.507 e. The number of aliphatic carboxylic acids is 1. The summed E-state index contributed by atoms with van der Waals surface area (Å²) in [5.74, 6) is -0.870. The van der Waals surface area contributed by atoms with Gasteiger partial charge >= 0.3 is 5.97 Å². The third-order valence-electron chi connectivity index (χ3n) is 3.22. The Morgan fingerprint density at radius 2 is 1.60 bits per heavy atom. The van der Waals surface area contributed by atoms with Crippen LogP contribution in [0.5, 0.6) is 5.75 Å². The van der Waals surface area contributed by atoms with Crippen molar-refractivity contribution in [2.45, 2.75) is 52.4 Å². The van der Waals surface area contributed by atoms with Gasteiger partial charge in [0.1, 0.15) is 5.75 Å². The summed E-state index contributed by atoms with van der Waals surface area (Å²) < 4.78 is 0. The summed E-state index contributed by atoms with van der Waals surface area (Å²) in [6, 6.07) is 3.86. The van der Waals surface area contributed by atoms with E-state index in [1.807, 2.05) is 32.9 Å². The van der Waals surface area contributed by atoms with Crippen LogP contribution in [0.15, 0.2) is 18.2 Å². The summed E-state index contributed by atoms with van der Waals surface area (Å²) in [6.45, 7) is 12.4. The van der Waals surface area contributed by atoms with Crippen LogP contribution in [0.25, 0.3) is 6.08 Å². The van der Waals surface area contributed by atoms with Crippen LogP contribution in [0.2, 0.25) is 0 Å². The van der Waals surface area contributed by atoms with Gasteiger partial charge in [0.25, 0.3) is 0 Å². The molecule has 1 rings (SSSR count). The second-order valence-electron chi connectivity index (χ2n) is 7.13. The Bertz CT molecular complexity index is 541. The van der Waals surface area contributed by atoms with Crippen molar-refractivity contribution in [3.05, 3.63) is 34.9 Å². The summed E-state index contributed by atoms with van der Waals surface area (Å²) in [5.41, 5.74) is 2.17. The van der Waals surface area contributed by atoms with E-state index < -0.39 is 5.97 Å². The van der Waals surface area contributed by atoms with Gasteiger partial charge in [-0.15, -0.1) is 0 Å². The van der Waals surface area contributed by atoms with Crippen LogP contribution in [-0.2, 0) is 15.6 Å². The third kappa shape index (κ3) is 3.86. The molecule has 0 amide bonds. The fourth-order valence-corrected chi connectivity index (χ4v) is 1.95. The van der Waals surface area contributed by atoms with Crippen LogP contribution < -0.4 is 0 Å². The van der Waals surface area contributed by atoms with Crippen LogP contribution in [0.3, 0.4) is 0 Å². The van der Waals surface area contributed by atoms with Gasteiger partial charge in [0.15, 0.2) is 0 Å². The molecule has 0 unspecified atom stereocenters. The van der Waals surface area contributed by atoms with Crippen LogP contribution >= 0.6 is 0 Å². The predicted molar refractivity (Wildman–Crippen MR) is 82.2 cm³/mol. The molecule has 0 fully saturated rings. The number of hydrogen-bond donors (Lipinski definition) is 2. The Morgan fingerprint density at radius 1 is 1.05 bits per heavy atom. The molecule has 0 aromatic heterocycles. The van der Waals surface area contributed by atoms with Crippen molar-refractivity contribution in [3.63, 3.8) is 0 Å². The molecule has 0 heterocycles. The lowest BCUT2D eigenvalue weighted by Crippen LogP contribution is -2.17. The van der Waals surface area contributed by atoms with Gasteiger partial charge in [-0.2, -0.15) is 0 Å². The van der Waals surface area contributed by atoms with Gasteiger partial charge in [-0.25, -0.2) is 4.79 Å². The van der Waals surface area contributed by atoms with E-state index in [0.717, 1.165) is 17.2 Å². The maximum Gasteiger partial charge on any atom is 0.328 e. The molecule has 20 heavy (non-hydrogen) atoms. The molecule has 110 valence electrons. The molecule has 0 saturated carbocycles. The molecule has 3 heteroatoms. The molecule has 0 radical (unpaired) electrons. The Balaban J connectivity index is 3.55. The van der Waals surface area contributed by atoms with E-state index in [0.29, 0.717) is 5.56 Å². The van der Waals surface area contributed by atoms with Crippen molar-refractivity contribution >= 4 is 12.0 Å². The smallest absolute Gasteiger partial charge is 0.328 e. The average molecular weight is 276 g/mol. The molecule has 1 aromatic carbocycles. The minimum absolute atomic E-state index is 0.0699. The summed E-state index contributed by atoms with van der Waals surface area (Å²) in [6.07, 6.45) is 2.50. The predicted octanol–water partition coefficient (Wildman–Crippen LogP) is 4.09. The van der Waals surface area contributed by atoms with Crippen molar-refractivity contribution in [2.75, 3.05) is 0 Å². The fourth-order valence-electron chi connectivity index (χ4n) is 1.95. The van der Waals surface area contributed by atoms with Crippen LogP contribution in [0, 0.1) is 0 Å². The lowest BCUT2D eigenvalue weighted by atomic mass is 9.79. The van der Waals surface area contributed by atoms with Gasteiger partial charge in [0, 0.05) is 17.2 Å². The molecule has 2 N–H and O–H groups in total. The lowest BCUT2D eigenvalue weighted by molar-refractivity contribution is -0.131. The Kier molecular flexibility index (Phi) is 4.33. The first-order valence-corrected chi connectivity index (χ1v) is 6.72. The maximum atomic E-state index is 10.7. The standard InChI is InChI=1S/C17H24O3/c1-16(2,3)12-9-11(7-8-14(18)19)15(20)13(10-12)17(4,5)6/h7-10,20H,1-6H3,(H,18,19)/b8-7-. The SMILES string of the molecule is CC(C)(C)c1cc(/C=C\C(=O)O)c(O)c(C(C)(C)C)c1. The molecule has 0 spiro atoms. The van der Waals surface area contributed by atoms with Gasteiger partial charge in [-0.05, 0) is 28.5 Å². The van der Waals surface area contributed by atoms with E-state index in [1.54, 1.807) is 0 Å². The van der Waals surface area contributed by atoms with Gasteiger partial charge in [-0.3, -0.25) is 0 Å². The van der Waals surface area contributed by atoms with Crippen LogP contribution in [0.1, 0.15) is 58.2 Å². The average Bonchev–Trinajstić information content (AvgIpc) is 2.24. The van der Waals surface area contributed by atoms with Crippen molar-refractivity contribution in [3.8, 4) is 5.75 Å². The monoisotopic (exact) mass is 276 g/mol. The van der Waals surface area contributed by atoms with E-state index in [-0.39, 0.29) is 16.6 Å². The number of aromatic hydroxyl groups is 1.